The van der Waals surface area contributed by atoms with Crippen molar-refractivity contribution in [3.8, 4) is 16.9 Å². The average molecular weight is 558 g/mol. The van der Waals surface area contributed by atoms with Crippen LogP contribution in [0.15, 0.2) is 77.6 Å². The van der Waals surface area contributed by atoms with Crippen molar-refractivity contribution in [1.82, 2.24) is 9.88 Å². The first-order chi connectivity index (χ1) is 18.2. The Morgan fingerprint density at radius 3 is 2.41 bits per heavy atom. The molecule has 0 saturated heterocycles. The minimum absolute atomic E-state index is 0. The van der Waals surface area contributed by atoms with Crippen LogP contribution in [0.1, 0.15) is 19.5 Å². The molecule has 1 aromatic heterocycles. The first-order valence-corrected chi connectivity index (χ1v) is 12.4. The maximum absolute atomic E-state index is 13.3. The minimum atomic E-state index is -1.17. The van der Waals surface area contributed by atoms with Crippen LogP contribution in [0.5, 0.6) is 5.75 Å². The third-order valence-corrected chi connectivity index (χ3v) is 6.22. The summed E-state index contributed by atoms with van der Waals surface area (Å²) in [4.78, 5) is 39.3. The van der Waals surface area contributed by atoms with Crippen LogP contribution in [0.25, 0.3) is 21.9 Å². The monoisotopic (exact) mass is 557 g/mol. The quantitative estimate of drug-likeness (QED) is 0.303. The van der Waals surface area contributed by atoms with Crippen LogP contribution in [0.3, 0.4) is 0 Å². The molecule has 0 aliphatic carbocycles. The van der Waals surface area contributed by atoms with Gasteiger partial charge in [-0.2, -0.15) is 0 Å². The van der Waals surface area contributed by atoms with E-state index in [2.05, 4.69) is 5.32 Å². The van der Waals surface area contributed by atoms with Crippen molar-refractivity contribution in [2.45, 2.75) is 26.5 Å². The summed E-state index contributed by atoms with van der Waals surface area (Å²) in [5.41, 5.74) is 2.28. The number of fused-ring (bicyclic) bond motifs is 1. The van der Waals surface area contributed by atoms with Gasteiger partial charge in [0, 0.05) is 40.5 Å². The molecule has 0 saturated carbocycles. The van der Waals surface area contributed by atoms with Crippen LogP contribution in [-0.2, 0) is 18.4 Å². The van der Waals surface area contributed by atoms with E-state index in [1.54, 1.807) is 49.5 Å². The number of carboxylic acid groups (broad SMARTS) is 1. The van der Waals surface area contributed by atoms with Gasteiger partial charge in [0.05, 0.1) is 12.6 Å². The Balaban J connectivity index is 0.00000420. The number of aromatic nitrogens is 1. The topological polar surface area (TPSA) is 101 Å². The van der Waals surface area contributed by atoms with Gasteiger partial charge in [-0.1, -0.05) is 48.0 Å². The third kappa shape index (κ3) is 7.02. The molecule has 0 spiro atoms. The van der Waals surface area contributed by atoms with Crippen molar-refractivity contribution >= 4 is 69.6 Å². The van der Waals surface area contributed by atoms with Crippen molar-refractivity contribution in [2.24, 2.45) is 7.05 Å². The number of carbonyl (C=O) groups excluding carboxylic acids is 1. The number of nitrogens with zero attached hydrogens (tertiary/aromatic N) is 2. The van der Waals surface area contributed by atoms with Gasteiger partial charge in [-0.3, -0.25) is 14.5 Å². The van der Waals surface area contributed by atoms with Crippen molar-refractivity contribution in [2.75, 3.05) is 11.4 Å². The number of hydrogen-bond donors (Lipinski definition) is 2. The van der Waals surface area contributed by atoms with E-state index in [4.69, 9.17) is 16.3 Å². The van der Waals surface area contributed by atoms with E-state index in [0.29, 0.717) is 32.9 Å². The van der Waals surface area contributed by atoms with Crippen molar-refractivity contribution < 1.29 is 19.4 Å². The number of amides is 2. The Labute approximate surface area is 253 Å². The number of urea groups is 1. The second kappa shape index (κ2) is 13.2. The first kappa shape index (κ1) is 30.2. The van der Waals surface area contributed by atoms with Crippen LogP contribution in [0.2, 0.25) is 5.02 Å². The summed E-state index contributed by atoms with van der Waals surface area (Å²) in [6, 6.07) is 20.7. The molecule has 0 aliphatic rings. The number of benzene rings is 3. The van der Waals surface area contributed by atoms with Crippen molar-refractivity contribution in [3.63, 3.8) is 0 Å². The summed E-state index contributed by atoms with van der Waals surface area (Å²) in [6.45, 7) is 3.16. The van der Waals surface area contributed by atoms with E-state index >= 15 is 0 Å². The van der Waals surface area contributed by atoms with Crippen LogP contribution in [0, 0.1) is 0 Å². The zero-order valence-electron chi connectivity index (χ0n) is 21.3. The molecule has 198 valence electrons. The molecular weight excluding hydrogens is 529 g/mol. The molecular formula is C29H29ClN3NaO5. The summed E-state index contributed by atoms with van der Waals surface area (Å²) in [7, 11) is 1.64. The number of carbonyl (C=O) groups is 2. The molecule has 0 aliphatic heterocycles. The van der Waals surface area contributed by atoms with Crippen molar-refractivity contribution in [3.05, 3.63) is 93.9 Å². The van der Waals surface area contributed by atoms with Gasteiger partial charge in [0.15, 0.2) is 0 Å². The fourth-order valence-electron chi connectivity index (χ4n) is 4.34. The van der Waals surface area contributed by atoms with E-state index in [-0.39, 0.29) is 47.8 Å². The van der Waals surface area contributed by atoms with E-state index in [1.165, 1.54) is 4.57 Å². The second-order valence-electron chi connectivity index (χ2n) is 9.04. The third-order valence-electron chi connectivity index (χ3n) is 5.99. The summed E-state index contributed by atoms with van der Waals surface area (Å²) < 4.78 is 7.21. The molecule has 39 heavy (non-hydrogen) atoms. The van der Waals surface area contributed by atoms with Crippen LogP contribution < -0.4 is 20.5 Å². The summed E-state index contributed by atoms with van der Waals surface area (Å²) in [5, 5.41) is 14.0. The number of carboxylic acids is 1. The molecule has 0 fully saturated rings. The predicted molar refractivity (Wildman–Crippen MR) is 156 cm³/mol. The Morgan fingerprint density at radius 2 is 1.74 bits per heavy atom. The van der Waals surface area contributed by atoms with Gasteiger partial charge < -0.3 is 19.7 Å². The molecule has 1 heterocycles. The molecule has 10 heteroatoms. The van der Waals surface area contributed by atoms with Gasteiger partial charge in [-0.25, -0.2) is 4.79 Å². The molecule has 0 unspecified atom stereocenters. The van der Waals surface area contributed by atoms with Gasteiger partial charge in [-0.15, -0.1) is 0 Å². The van der Waals surface area contributed by atoms with Crippen LogP contribution >= 0.6 is 11.6 Å². The molecule has 0 bridgehead atoms. The summed E-state index contributed by atoms with van der Waals surface area (Å²) in [5.74, 6) is -0.658. The molecule has 4 aromatic rings. The fraction of sp³-hybridized carbons (Fsp3) is 0.207. The molecule has 3 aromatic carbocycles. The Kier molecular flexibility index (Phi) is 10.2. The average Bonchev–Trinajstić information content (AvgIpc) is 2.88. The number of anilines is 1. The van der Waals surface area contributed by atoms with Gasteiger partial charge >= 0.3 is 41.6 Å². The number of rotatable bonds is 8. The van der Waals surface area contributed by atoms with Crippen LogP contribution in [0.4, 0.5) is 10.5 Å². The summed E-state index contributed by atoms with van der Waals surface area (Å²) >= 11 is 6.30. The van der Waals surface area contributed by atoms with Gasteiger partial charge in [0.2, 0.25) is 0 Å². The predicted octanol–water partition coefficient (Wildman–Crippen LogP) is 4.80. The zero-order chi connectivity index (χ0) is 27.4. The Morgan fingerprint density at radius 1 is 1.03 bits per heavy atom. The number of pyridine rings is 1. The van der Waals surface area contributed by atoms with Gasteiger partial charge in [-0.05, 0) is 55.1 Å². The van der Waals surface area contributed by atoms with E-state index in [0.717, 1.165) is 16.0 Å². The van der Waals surface area contributed by atoms with Crippen LogP contribution in [-0.4, -0.2) is 63.9 Å². The first-order valence-electron chi connectivity index (χ1n) is 12.1. The molecule has 2 amide bonds. The number of aliphatic carboxylic acids is 1. The molecule has 0 atom stereocenters. The van der Waals surface area contributed by atoms with E-state index in [1.807, 2.05) is 44.2 Å². The van der Waals surface area contributed by atoms with Gasteiger partial charge in [0.1, 0.15) is 12.3 Å². The Hall–Kier alpha value is -3.30. The summed E-state index contributed by atoms with van der Waals surface area (Å²) in [6.07, 6.45) is -0.0916. The molecule has 0 radical (unpaired) electrons. The second-order valence-corrected chi connectivity index (χ2v) is 9.48. The number of ether oxygens (including phenoxy) is 1. The molecule has 4 rings (SSSR count). The number of hydrogen-bond acceptors (Lipinski definition) is 4. The SMILES string of the molecule is CC(C)Oc1cccc(N(CC(=O)O)C(=O)NCc2c(-c3ccccc3)c3cc(Cl)ccc3c(=O)n2C)c1.[NaH]. The fourth-order valence-corrected chi connectivity index (χ4v) is 4.51. The molecule has 8 nitrogen and oxygen atoms in total. The Bertz CT molecular complexity index is 1560. The number of nitrogens with one attached hydrogen (secondary N) is 1. The van der Waals surface area contributed by atoms with E-state index in [9.17, 15) is 19.5 Å². The maximum atomic E-state index is 13.3. The van der Waals surface area contributed by atoms with E-state index < -0.39 is 18.5 Å². The zero-order valence-corrected chi connectivity index (χ0v) is 22.0. The van der Waals surface area contributed by atoms with Crippen molar-refractivity contribution in [1.29, 1.82) is 0 Å². The standard InChI is InChI=1S/C29H28ClN3O5.Na.H/c1-18(2)38-22-11-7-10-21(15-22)33(17-26(34)35)29(37)31-16-25-27(19-8-5-4-6-9-19)24-14-20(30)12-13-23(24)28(36)32(25)3;;/h4-15,18H,16-17H2,1-3H3,(H,31,37)(H,34,35);;. The normalized spacial score (nSPS) is 10.7. The van der Waals surface area contributed by atoms with Gasteiger partial charge in [0.25, 0.3) is 5.56 Å². The molecule has 2 N–H and O–H groups in total. The number of halogens is 1.